The first-order valence-electron chi connectivity index (χ1n) is 8.69. The molecule has 2 aromatic rings. The van der Waals surface area contributed by atoms with Gasteiger partial charge in [-0.25, -0.2) is 9.97 Å². The average molecular weight is 344 g/mol. The van der Waals surface area contributed by atoms with Crippen LogP contribution in [0.2, 0.25) is 0 Å². The van der Waals surface area contributed by atoms with Crippen LogP contribution in [0.1, 0.15) is 24.5 Å². The van der Waals surface area contributed by atoms with E-state index in [1.54, 1.807) is 6.33 Å². The van der Waals surface area contributed by atoms with Gasteiger partial charge < -0.3 is 9.80 Å². The van der Waals surface area contributed by atoms with Gasteiger partial charge in [0.25, 0.3) is 0 Å². The van der Waals surface area contributed by atoms with Crippen LogP contribution in [0.15, 0.2) is 24.7 Å². The molecule has 2 aromatic heterocycles. The van der Waals surface area contributed by atoms with Gasteiger partial charge in [-0.15, -0.1) is 0 Å². The summed E-state index contributed by atoms with van der Waals surface area (Å²) in [5.41, 5.74) is 1.35. The Bertz CT molecular complexity index is 673. The highest BCUT2D eigenvalue weighted by molar-refractivity contribution is 7.99. The summed E-state index contributed by atoms with van der Waals surface area (Å²) in [5, 5.41) is 4.31. The lowest BCUT2D eigenvalue weighted by molar-refractivity contribution is 0.475. The first-order chi connectivity index (χ1) is 11.8. The minimum atomic E-state index is 0.606. The zero-order valence-corrected chi connectivity index (χ0v) is 15.0. The first kappa shape index (κ1) is 15.7. The van der Waals surface area contributed by atoms with Crippen molar-refractivity contribution in [1.29, 1.82) is 0 Å². The molecular weight excluding hydrogens is 320 g/mol. The van der Waals surface area contributed by atoms with Crippen LogP contribution < -0.4 is 9.80 Å². The Morgan fingerprint density at radius 3 is 2.29 bits per heavy atom. The normalized spacial score (nSPS) is 19.7. The number of thioether (sulfide) groups is 1. The van der Waals surface area contributed by atoms with Gasteiger partial charge in [0, 0.05) is 68.6 Å². The van der Waals surface area contributed by atoms with E-state index in [4.69, 9.17) is 0 Å². The number of piperidine rings is 1. The highest BCUT2D eigenvalue weighted by Gasteiger charge is 2.24. The van der Waals surface area contributed by atoms with Crippen LogP contribution in [0.4, 0.5) is 11.6 Å². The third kappa shape index (κ3) is 3.22. The van der Waals surface area contributed by atoms with Gasteiger partial charge in [0.2, 0.25) is 0 Å². The number of rotatable bonds is 3. The van der Waals surface area contributed by atoms with Crippen molar-refractivity contribution in [2.75, 3.05) is 47.5 Å². The van der Waals surface area contributed by atoms with Crippen molar-refractivity contribution in [2.24, 2.45) is 7.05 Å². The Hall–Kier alpha value is -1.76. The van der Waals surface area contributed by atoms with Crippen LogP contribution in [0.25, 0.3) is 0 Å². The van der Waals surface area contributed by atoms with E-state index in [0.29, 0.717) is 5.92 Å². The molecule has 24 heavy (non-hydrogen) atoms. The fraction of sp³-hybridized carbons (Fsp3) is 0.588. The van der Waals surface area contributed by atoms with E-state index in [-0.39, 0.29) is 0 Å². The van der Waals surface area contributed by atoms with E-state index in [0.717, 1.165) is 50.7 Å². The van der Waals surface area contributed by atoms with Gasteiger partial charge in [0.1, 0.15) is 18.0 Å². The van der Waals surface area contributed by atoms with E-state index in [1.165, 1.54) is 17.2 Å². The highest BCUT2D eigenvalue weighted by atomic mass is 32.2. The predicted molar refractivity (Wildman–Crippen MR) is 99.0 cm³/mol. The molecule has 0 spiro atoms. The third-order valence-corrected chi connectivity index (χ3v) is 6.01. The molecule has 2 aliphatic heterocycles. The van der Waals surface area contributed by atoms with Crippen molar-refractivity contribution in [3.05, 3.63) is 30.4 Å². The molecule has 0 amide bonds. The van der Waals surface area contributed by atoms with Crippen LogP contribution in [0.3, 0.4) is 0 Å². The summed E-state index contributed by atoms with van der Waals surface area (Å²) in [5.74, 6) is 5.13. The second-order valence-electron chi connectivity index (χ2n) is 6.47. The molecule has 0 radical (unpaired) electrons. The maximum atomic E-state index is 4.53. The summed E-state index contributed by atoms with van der Waals surface area (Å²) < 4.78 is 2.01. The first-order valence-corrected chi connectivity index (χ1v) is 9.84. The zero-order chi connectivity index (χ0) is 16.4. The smallest absolute Gasteiger partial charge is 0.134 e. The number of nitrogens with zero attached hydrogens (tertiary/aromatic N) is 6. The van der Waals surface area contributed by atoms with Crippen molar-refractivity contribution in [3.8, 4) is 0 Å². The van der Waals surface area contributed by atoms with Crippen molar-refractivity contribution >= 4 is 23.4 Å². The molecule has 0 aromatic carbocycles. The minimum Gasteiger partial charge on any atom is -0.356 e. The van der Waals surface area contributed by atoms with E-state index in [9.17, 15) is 0 Å². The number of anilines is 2. The van der Waals surface area contributed by atoms with Crippen LogP contribution in [0, 0.1) is 0 Å². The van der Waals surface area contributed by atoms with Gasteiger partial charge >= 0.3 is 0 Å². The summed E-state index contributed by atoms with van der Waals surface area (Å²) in [4.78, 5) is 13.8. The molecule has 7 heteroatoms. The Labute approximate surface area is 147 Å². The summed E-state index contributed by atoms with van der Waals surface area (Å²) in [6.45, 7) is 4.26. The molecule has 0 unspecified atom stereocenters. The molecule has 2 fully saturated rings. The second-order valence-corrected chi connectivity index (χ2v) is 7.70. The number of hydrogen-bond acceptors (Lipinski definition) is 6. The maximum Gasteiger partial charge on any atom is 0.134 e. The van der Waals surface area contributed by atoms with E-state index in [1.807, 2.05) is 29.7 Å². The van der Waals surface area contributed by atoms with Crippen molar-refractivity contribution in [2.45, 2.75) is 18.8 Å². The largest absolute Gasteiger partial charge is 0.356 e. The van der Waals surface area contributed by atoms with Crippen molar-refractivity contribution in [3.63, 3.8) is 0 Å². The van der Waals surface area contributed by atoms with Crippen molar-refractivity contribution < 1.29 is 0 Å². The lowest BCUT2D eigenvalue weighted by Crippen LogP contribution is -2.35. The van der Waals surface area contributed by atoms with Crippen LogP contribution in [0.5, 0.6) is 0 Å². The lowest BCUT2D eigenvalue weighted by Gasteiger charge is -2.33. The molecule has 128 valence electrons. The van der Waals surface area contributed by atoms with Crippen LogP contribution >= 0.6 is 11.8 Å². The van der Waals surface area contributed by atoms with Crippen LogP contribution in [-0.2, 0) is 7.05 Å². The molecule has 0 bridgehead atoms. The summed E-state index contributed by atoms with van der Waals surface area (Å²) >= 11 is 2.02. The molecule has 4 heterocycles. The highest BCUT2D eigenvalue weighted by Crippen LogP contribution is 2.30. The minimum absolute atomic E-state index is 0.606. The third-order valence-electron chi connectivity index (χ3n) is 5.07. The number of aromatic nitrogens is 4. The fourth-order valence-electron chi connectivity index (χ4n) is 3.66. The van der Waals surface area contributed by atoms with Gasteiger partial charge in [0.05, 0.1) is 0 Å². The van der Waals surface area contributed by atoms with Crippen molar-refractivity contribution in [1.82, 2.24) is 19.7 Å². The molecule has 6 nitrogen and oxygen atoms in total. The zero-order valence-electron chi connectivity index (χ0n) is 14.1. The second kappa shape index (κ2) is 7.01. The Morgan fingerprint density at radius 2 is 1.67 bits per heavy atom. The molecular formula is C17H24N6S. The fourth-order valence-corrected chi connectivity index (χ4v) is 4.57. The molecule has 2 saturated heterocycles. The molecule has 0 aliphatic carbocycles. The van der Waals surface area contributed by atoms with E-state index < -0.39 is 0 Å². The van der Waals surface area contributed by atoms with Gasteiger partial charge in [-0.05, 0) is 18.9 Å². The molecule has 0 N–H and O–H groups in total. The maximum absolute atomic E-state index is 4.53. The van der Waals surface area contributed by atoms with Crippen LogP contribution in [-0.4, -0.2) is 57.4 Å². The molecule has 2 aliphatic rings. The number of hydrogen-bond donors (Lipinski definition) is 0. The topological polar surface area (TPSA) is 50.1 Å². The van der Waals surface area contributed by atoms with E-state index >= 15 is 0 Å². The Kier molecular flexibility index (Phi) is 4.60. The molecule has 0 atom stereocenters. The predicted octanol–water partition coefficient (Wildman–Crippen LogP) is 2.15. The number of aryl methyl sites for hydroxylation is 1. The summed E-state index contributed by atoms with van der Waals surface area (Å²) in [7, 11) is 2.04. The van der Waals surface area contributed by atoms with Gasteiger partial charge in [0.15, 0.2) is 0 Å². The Morgan fingerprint density at radius 1 is 1.00 bits per heavy atom. The SMILES string of the molecule is Cn1nccc1C1CCN(c2cc(N3CCSCC3)ncn2)CC1. The van der Waals surface area contributed by atoms with Gasteiger partial charge in [-0.2, -0.15) is 16.9 Å². The molecule has 0 saturated carbocycles. The Balaban J connectivity index is 1.43. The summed E-state index contributed by atoms with van der Waals surface area (Å²) in [6, 6.07) is 4.32. The quantitative estimate of drug-likeness (QED) is 0.850. The van der Waals surface area contributed by atoms with Gasteiger partial charge in [-0.1, -0.05) is 0 Å². The monoisotopic (exact) mass is 344 g/mol. The molecule has 4 rings (SSSR count). The lowest BCUT2D eigenvalue weighted by atomic mass is 9.93. The van der Waals surface area contributed by atoms with Gasteiger partial charge in [-0.3, -0.25) is 4.68 Å². The standard InChI is InChI=1S/C17H24N6S/c1-21-15(2-5-20-21)14-3-6-22(7-4-14)16-12-17(19-13-18-16)23-8-10-24-11-9-23/h2,5,12-14H,3-4,6-11H2,1H3. The average Bonchev–Trinajstić information content (AvgIpc) is 3.09. The van der Waals surface area contributed by atoms with E-state index in [2.05, 4.69) is 37.0 Å². The summed E-state index contributed by atoms with van der Waals surface area (Å²) in [6.07, 6.45) is 5.92.